The summed E-state index contributed by atoms with van der Waals surface area (Å²) >= 11 is 0. The summed E-state index contributed by atoms with van der Waals surface area (Å²) in [6, 6.07) is 14.5. The maximum atomic E-state index is 14.3. The number of aliphatic hydroxyl groups is 1. The molecule has 30 heavy (non-hydrogen) atoms. The molecular formula is C23H30NO5P. The first kappa shape index (κ1) is 22.7. The van der Waals surface area contributed by atoms with Gasteiger partial charge in [-0.15, -0.1) is 0 Å². The standard InChI is InChI=1S/C23H30NO5P/c1-16(2)19-14-13-17(3)15-22(19)29-30(28,18-9-5-4-6-10-18)23(25)20-11-7-8-12-21(20)24(26)27/h4-12,16-17,19,22-23,25H,13-15H2,1-3H3/t17-,19+,22-,23+,30?/m1/s1. The summed E-state index contributed by atoms with van der Waals surface area (Å²) in [6.45, 7) is 6.41. The Morgan fingerprint density at radius 2 is 1.73 bits per heavy atom. The minimum Gasteiger partial charge on any atom is -0.378 e. The van der Waals surface area contributed by atoms with E-state index in [0.717, 1.165) is 19.3 Å². The van der Waals surface area contributed by atoms with E-state index in [1.807, 2.05) is 0 Å². The number of benzene rings is 2. The fourth-order valence-electron chi connectivity index (χ4n) is 4.39. The Morgan fingerprint density at radius 1 is 1.10 bits per heavy atom. The molecule has 0 heterocycles. The normalized spacial score (nSPS) is 24.9. The lowest BCUT2D eigenvalue weighted by atomic mass is 9.75. The lowest BCUT2D eigenvalue weighted by Crippen LogP contribution is -2.35. The highest BCUT2D eigenvalue weighted by Gasteiger charge is 2.44. The number of hydrogen-bond donors (Lipinski definition) is 1. The van der Waals surface area contributed by atoms with Gasteiger partial charge >= 0.3 is 0 Å². The number of rotatable bonds is 7. The van der Waals surface area contributed by atoms with E-state index in [2.05, 4.69) is 20.8 Å². The Morgan fingerprint density at radius 3 is 2.37 bits per heavy atom. The molecule has 2 aromatic rings. The summed E-state index contributed by atoms with van der Waals surface area (Å²) in [5, 5.41) is 23.2. The Kier molecular flexibility index (Phi) is 7.12. The van der Waals surface area contributed by atoms with Crippen molar-refractivity contribution in [2.45, 2.75) is 52.0 Å². The van der Waals surface area contributed by atoms with Crippen LogP contribution in [0.25, 0.3) is 0 Å². The van der Waals surface area contributed by atoms with E-state index in [4.69, 9.17) is 4.52 Å². The molecule has 1 saturated carbocycles. The Bertz CT molecular complexity index is 917. The molecular weight excluding hydrogens is 401 g/mol. The van der Waals surface area contributed by atoms with Crippen LogP contribution >= 0.6 is 7.37 Å². The molecule has 1 aliphatic carbocycles. The van der Waals surface area contributed by atoms with E-state index in [9.17, 15) is 19.8 Å². The van der Waals surface area contributed by atoms with Crippen molar-refractivity contribution in [3.63, 3.8) is 0 Å². The van der Waals surface area contributed by atoms with E-state index in [-0.39, 0.29) is 23.3 Å². The van der Waals surface area contributed by atoms with E-state index in [1.165, 1.54) is 18.2 Å². The molecule has 0 aliphatic heterocycles. The van der Waals surface area contributed by atoms with Gasteiger partial charge in [-0.3, -0.25) is 14.7 Å². The van der Waals surface area contributed by atoms with Crippen LogP contribution in [0, 0.1) is 27.9 Å². The monoisotopic (exact) mass is 431 g/mol. The second kappa shape index (κ2) is 9.42. The van der Waals surface area contributed by atoms with Gasteiger partial charge in [0.2, 0.25) is 0 Å². The van der Waals surface area contributed by atoms with Gasteiger partial charge in [0.25, 0.3) is 13.1 Å². The third-order valence-corrected chi connectivity index (χ3v) is 8.63. The van der Waals surface area contributed by atoms with Crippen LogP contribution in [0.5, 0.6) is 0 Å². The summed E-state index contributed by atoms with van der Waals surface area (Å²) in [5.74, 6) is -0.630. The summed E-state index contributed by atoms with van der Waals surface area (Å²) in [6.07, 6.45) is 2.53. The highest BCUT2D eigenvalue weighted by Crippen LogP contribution is 2.61. The van der Waals surface area contributed by atoms with Gasteiger partial charge in [0.1, 0.15) is 0 Å². The van der Waals surface area contributed by atoms with Crippen molar-refractivity contribution in [2.24, 2.45) is 17.8 Å². The first-order chi connectivity index (χ1) is 14.2. The van der Waals surface area contributed by atoms with Gasteiger partial charge in [0, 0.05) is 11.4 Å². The minimum atomic E-state index is -3.87. The largest absolute Gasteiger partial charge is 0.378 e. The molecule has 5 atom stereocenters. The molecule has 1 fully saturated rings. The van der Waals surface area contributed by atoms with Crippen molar-refractivity contribution in [3.05, 3.63) is 70.3 Å². The number of hydrogen-bond acceptors (Lipinski definition) is 5. The van der Waals surface area contributed by atoms with Gasteiger partial charge < -0.3 is 9.63 Å². The van der Waals surface area contributed by atoms with Crippen molar-refractivity contribution in [1.29, 1.82) is 0 Å². The van der Waals surface area contributed by atoms with Crippen LogP contribution in [0.3, 0.4) is 0 Å². The quantitative estimate of drug-likeness (QED) is 0.347. The molecule has 0 amide bonds. The highest BCUT2D eigenvalue weighted by atomic mass is 31.2. The molecule has 0 spiro atoms. The van der Waals surface area contributed by atoms with Crippen LogP contribution in [0.2, 0.25) is 0 Å². The van der Waals surface area contributed by atoms with Crippen LogP contribution in [-0.4, -0.2) is 16.1 Å². The molecule has 3 rings (SSSR count). The molecule has 2 aromatic carbocycles. The minimum absolute atomic E-state index is 0.0136. The lowest BCUT2D eigenvalue weighted by molar-refractivity contribution is -0.386. The zero-order valence-electron chi connectivity index (χ0n) is 17.7. The Labute approximate surface area is 177 Å². The predicted octanol–water partition coefficient (Wildman–Crippen LogP) is 5.67. The van der Waals surface area contributed by atoms with Gasteiger partial charge in [0.05, 0.1) is 16.6 Å². The fraction of sp³-hybridized carbons (Fsp3) is 0.478. The molecule has 0 radical (unpaired) electrons. The molecule has 1 N–H and O–H groups in total. The van der Waals surface area contributed by atoms with Crippen molar-refractivity contribution in [2.75, 3.05) is 0 Å². The number of aliphatic hydroxyl groups excluding tert-OH is 1. The number of nitrogens with zero attached hydrogens (tertiary/aromatic N) is 1. The predicted molar refractivity (Wildman–Crippen MR) is 118 cm³/mol. The lowest BCUT2D eigenvalue weighted by Gasteiger charge is -2.39. The molecule has 1 aliphatic rings. The first-order valence-corrected chi connectivity index (χ1v) is 12.2. The van der Waals surface area contributed by atoms with Crippen LogP contribution in [0.1, 0.15) is 51.4 Å². The number of nitro benzene ring substituents is 1. The van der Waals surface area contributed by atoms with E-state index < -0.39 is 18.1 Å². The van der Waals surface area contributed by atoms with Crippen molar-refractivity contribution in [1.82, 2.24) is 0 Å². The van der Waals surface area contributed by atoms with E-state index in [1.54, 1.807) is 36.4 Å². The number of nitro groups is 1. The first-order valence-electron chi connectivity index (χ1n) is 10.5. The van der Waals surface area contributed by atoms with Gasteiger partial charge in [-0.2, -0.15) is 0 Å². The van der Waals surface area contributed by atoms with Gasteiger partial charge in [-0.05, 0) is 48.8 Å². The van der Waals surface area contributed by atoms with Crippen molar-refractivity contribution >= 4 is 18.4 Å². The molecule has 7 heteroatoms. The maximum absolute atomic E-state index is 14.3. The average Bonchev–Trinajstić information content (AvgIpc) is 2.73. The smallest absolute Gasteiger partial charge is 0.275 e. The molecule has 6 nitrogen and oxygen atoms in total. The van der Waals surface area contributed by atoms with Crippen LogP contribution in [-0.2, 0) is 9.09 Å². The third kappa shape index (κ3) is 4.66. The summed E-state index contributed by atoms with van der Waals surface area (Å²) in [5.41, 5.74) is -0.248. The topological polar surface area (TPSA) is 89.7 Å². The van der Waals surface area contributed by atoms with Crippen LogP contribution in [0.4, 0.5) is 5.69 Å². The van der Waals surface area contributed by atoms with Crippen LogP contribution in [0.15, 0.2) is 54.6 Å². The zero-order chi connectivity index (χ0) is 21.9. The second-order valence-electron chi connectivity index (χ2n) is 8.59. The zero-order valence-corrected chi connectivity index (χ0v) is 18.6. The van der Waals surface area contributed by atoms with Gasteiger partial charge in [0.15, 0.2) is 5.85 Å². The molecule has 0 bridgehead atoms. The molecule has 1 unspecified atom stereocenters. The Hall–Kier alpha value is -2.01. The Balaban J connectivity index is 2.07. The highest BCUT2D eigenvalue weighted by molar-refractivity contribution is 7.67. The van der Waals surface area contributed by atoms with E-state index in [0.29, 0.717) is 17.1 Å². The third-order valence-electron chi connectivity index (χ3n) is 6.10. The SMILES string of the molecule is CC(C)[C@@H]1CC[C@@H](C)C[C@H]1OP(=O)(c1ccccc1)[C@H](O)c1ccccc1[N+](=O)[O-]. The molecule has 0 saturated heterocycles. The number of para-hydroxylation sites is 1. The molecule has 162 valence electrons. The fourth-order valence-corrected chi connectivity index (χ4v) is 6.72. The van der Waals surface area contributed by atoms with Crippen molar-refractivity contribution in [3.8, 4) is 0 Å². The summed E-state index contributed by atoms with van der Waals surface area (Å²) < 4.78 is 20.7. The molecule has 0 aromatic heterocycles. The van der Waals surface area contributed by atoms with Crippen LogP contribution < -0.4 is 5.30 Å². The maximum Gasteiger partial charge on any atom is 0.275 e. The summed E-state index contributed by atoms with van der Waals surface area (Å²) in [4.78, 5) is 11.0. The average molecular weight is 431 g/mol. The van der Waals surface area contributed by atoms with Gasteiger partial charge in [-0.1, -0.05) is 57.5 Å². The van der Waals surface area contributed by atoms with E-state index >= 15 is 0 Å². The van der Waals surface area contributed by atoms with Crippen molar-refractivity contribution < 1.29 is 19.1 Å². The van der Waals surface area contributed by atoms with Gasteiger partial charge in [-0.25, -0.2) is 0 Å². The summed E-state index contributed by atoms with van der Waals surface area (Å²) in [7, 11) is -3.87. The second-order valence-corrected chi connectivity index (χ2v) is 11.0.